The van der Waals surface area contributed by atoms with E-state index in [1.165, 1.54) is 24.3 Å². The molecule has 0 radical (unpaired) electrons. The third-order valence-corrected chi connectivity index (χ3v) is 1.86. The minimum atomic E-state index is -1.60. The number of Topliss-reactive ketones (excluding diaryl/α,β-unsaturated/α-hetero) is 1. The van der Waals surface area contributed by atoms with E-state index in [9.17, 15) is 14.4 Å². The summed E-state index contributed by atoms with van der Waals surface area (Å²) >= 11 is 0. The largest absolute Gasteiger partial charge is 0.475 e. The van der Waals surface area contributed by atoms with Gasteiger partial charge in [-0.25, -0.2) is 9.59 Å². The molecule has 0 unspecified atom stereocenters. The molecule has 0 aliphatic carbocycles. The van der Waals surface area contributed by atoms with Crippen molar-refractivity contribution in [2.75, 3.05) is 6.61 Å². The van der Waals surface area contributed by atoms with Crippen LogP contribution < -0.4 is 0 Å². The second-order valence-corrected chi connectivity index (χ2v) is 2.90. The van der Waals surface area contributed by atoms with Gasteiger partial charge in [0.15, 0.2) is 0 Å². The maximum atomic E-state index is 11.4. The first-order valence-electron chi connectivity index (χ1n) is 4.61. The predicted octanol–water partition coefficient (Wildman–Crippen LogP) is 1.13. The van der Waals surface area contributed by atoms with Crippen molar-refractivity contribution in [3.05, 3.63) is 35.4 Å². The fourth-order valence-corrected chi connectivity index (χ4v) is 1.18. The molecule has 1 N–H and O–H groups in total. The minimum Gasteiger partial charge on any atom is -0.475 e. The number of carboxylic acid groups (broad SMARTS) is 1. The molecule has 1 aromatic carbocycles. The summed E-state index contributed by atoms with van der Waals surface area (Å²) in [5.41, 5.74) is -0.190. The molecule has 5 nitrogen and oxygen atoms in total. The van der Waals surface area contributed by atoms with E-state index in [1.807, 2.05) is 0 Å². The maximum absolute atomic E-state index is 11.4. The Morgan fingerprint density at radius 1 is 1.19 bits per heavy atom. The summed E-state index contributed by atoms with van der Waals surface area (Å²) in [6, 6.07) is 5.65. The average Bonchev–Trinajstić information content (AvgIpc) is 2.28. The zero-order chi connectivity index (χ0) is 12.1. The summed E-state index contributed by atoms with van der Waals surface area (Å²) in [7, 11) is 0. The van der Waals surface area contributed by atoms with Crippen LogP contribution in [0.25, 0.3) is 0 Å². The predicted molar refractivity (Wildman–Crippen MR) is 54.4 cm³/mol. The van der Waals surface area contributed by atoms with Gasteiger partial charge in [0.25, 0.3) is 5.78 Å². The molecular weight excluding hydrogens is 212 g/mol. The van der Waals surface area contributed by atoms with E-state index in [-0.39, 0.29) is 17.7 Å². The lowest BCUT2D eigenvalue weighted by molar-refractivity contribution is -0.131. The molecule has 0 amide bonds. The fourth-order valence-electron chi connectivity index (χ4n) is 1.18. The van der Waals surface area contributed by atoms with Gasteiger partial charge in [-0.1, -0.05) is 12.1 Å². The number of hydrogen-bond donors (Lipinski definition) is 1. The van der Waals surface area contributed by atoms with Crippen LogP contribution in [0.15, 0.2) is 24.3 Å². The molecule has 0 spiro atoms. The second kappa shape index (κ2) is 5.06. The summed E-state index contributed by atoms with van der Waals surface area (Å²) in [6.45, 7) is 1.79. The molecule has 1 rings (SSSR count). The lowest BCUT2D eigenvalue weighted by atomic mass is 10.0. The Morgan fingerprint density at radius 2 is 1.75 bits per heavy atom. The van der Waals surface area contributed by atoms with E-state index in [1.54, 1.807) is 6.92 Å². The van der Waals surface area contributed by atoms with Crippen LogP contribution in [0.5, 0.6) is 0 Å². The van der Waals surface area contributed by atoms with E-state index in [0.717, 1.165) is 0 Å². The Balaban J connectivity index is 3.15. The van der Waals surface area contributed by atoms with Crippen LogP contribution in [-0.2, 0) is 9.53 Å². The molecule has 0 atom stereocenters. The van der Waals surface area contributed by atoms with Crippen molar-refractivity contribution in [3.8, 4) is 0 Å². The Hall–Kier alpha value is -2.17. The normalized spacial score (nSPS) is 9.56. The number of benzene rings is 1. The third-order valence-electron chi connectivity index (χ3n) is 1.86. The average molecular weight is 222 g/mol. The number of aliphatic carboxylic acids is 1. The van der Waals surface area contributed by atoms with Crippen molar-refractivity contribution in [3.63, 3.8) is 0 Å². The molecule has 1 aromatic rings. The molecule has 5 heteroatoms. The van der Waals surface area contributed by atoms with Crippen LogP contribution in [-0.4, -0.2) is 29.4 Å². The number of rotatable bonds is 4. The second-order valence-electron chi connectivity index (χ2n) is 2.90. The lowest BCUT2D eigenvalue weighted by Gasteiger charge is -2.05. The summed E-state index contributed by atoms with van der Waals surface area (Å²) in [5, 5.41) is 8.57. The summed E-state index contributed by atoms with van der Waals surface area (Å²) in [5.74, 6) is -3.42. The van der Waals surface area contributed by atoms with Crippen LogP contribution in [0.4, 0.5) is 0 Å². The number of esters is 1. The Labute approximate surface area is 91.6 Å². The number of carbonyl (C=O) groups is 3. The van der Waals surface area contributed by atoms with Crippen LogP contribution in [0, 0.1) is 0 Å². The van der Waals surface area contributed by atoms with E-state index < -0.39 is 17.7 Å². The lowest BCUT2D eigenvalue weighted by Crippen LogP contribution is -2.18. The first-order chi connectivity index (χ1) is 7.57. The monoisotopic (exact) mass is 222 g/mol. The topological polar surface area (TPSA) is 80.7 Å². The van der Waals surface area contributed by atoms with E-state index in [0.29, 0.717) is 0 Å². The van der Waals surface area contributed by atoms with Crippen molar-refractivity contribution >= 4 is 17.7 Å². The highest BCUT2D eigenvalue weighted by Crippen LogP contribution is 2.11. The zero-order valence-electron chi connectivity index (χ0n) is 8.60. The first-order valence-corrected chi connectivity index (χ1v) is 4.61. The highest BCUT2D eigenvalue weighted by atomic mass is 16.5. The van der Waals surface area contributed by atoms with Crippen molar-refractivity contribution < 1.29 is 24.2 Å². The fraction of sp³-hybridized carbons (Fsp3) is 0.182. The van der Waals surface area contributed by atoms with E-state index in [4.69, 9.17) is 9.84 Å². The van der Waals surface area contributed by atoms with Gasteiger partial charge in [-0.2, -0.15) is 0 Å². The summed E-state index contributed by atoms with van der Waals surface area (Å²) < 4.78 is 4.71. The summed E-state index contributed by atoms with van der Waals surface area (Å²) in [4.78, 5) is 33.2. The van der Waals surface area contributed by atoms with Gasteiger partial charge in [-0.3, -0.25) is 4.79 Å². The van der Waals surface area contributed by atoms with Gasteiger partial charge in [-0.15, -0.1) is 0 Å². The Kier molecular flexibility index (Phi) is 3.77. The highest BCUT2D eigenvalue weighted by molar-refractivity contribution is 6.41. The third kappa shape index (κ3) is 2.44. The Bertz CT molecular complexity index is 436. The zero-order valence-corrected chi connectivity index (χ0v) is 8.60. The number of ketones is 1. The van der Waals surface area contributed by atoms with E-state index >= 15 is 0 Å². The standard InChI is InChI=1S/C11H10O5/c1-2-16-11(15)8-6-4-3-5-7(8)9(12)10(13)14/h3-6H,2H2,1H3,(H,13,14). The maximum Gasteiger partial charge on any atom is 0.377 e. The number of carboxylic acids is 1. The molecule has 0 bridgehead atoms. The molecular formula is C11H10O5. The van der Waals surface area contributed by atoms with Gasteiger partial charge in [0.2, 0.25) is 0 Å². The molecule has 0 saturated carbocycles. The quantitative estimate of drug-likeness (QED) is 0.469. The molecule has 84 valence electrons. The van der Waals surface area contributed by atoms with Crippen molar-refractivity contribution in [2.45, 2.75) is 6.92 Å². The molecule has 0 heterocycles. The van der Waals surface area contributed by atoms with Crippen molar-refractivity contribution in [1.29, 1.82) is 0 Å². The van der Waals surface area contributed by atoms with Gasteiger partial charge >= 0.3 is 11.9 Å². The molecule has 0 fully saturated rings. The first kappa shape index (κ1) is 11.9. The summed E-state index contributed by atoms with van der Waals surface area (Å²) in [6.07, 6.45) is 0. The number of ether oxygens (including phenoxy) is 1. The van der Waals surface area contributed by atoms with Gasteiger partial charge in [0.05, 0.1) is 12.2 Å². The minimum absolute atomic E-state index is 0.0308. The van der Waals surface area contributed by atoms with Gasteiger partial charge < -0.3 is 9.84 Å². The van der Waals surface area contributed by atoms with Gasteiger partial charge in [0.1, 0.15) is 0 Å². The Morgan fingerprint density at radius 3 is 2.25 bits per heavy atom. The van der Waals surface area contributed by atoms with Crippen LogP contribution >= 0.6 is 0 Å². The van der Waals surface area contributed by atoms with Crippen molar-refractivity contribution in [1.82, 2.24) is 0 Å². The molecule has 0 aromatic heterocycles. The molecule has 16 heavy (non-hydrogen) atoms. The molecule has 0 aliphatic rings. The SMILES string of the molecule is CCOC(=O)c1ccccc1C(=O)C(=O)O. The molecule has 0 aliphatic heterocycles. The van der Waals surface area contributed by atoms with Crippen LogP contribution in [0.3, 0.4) is 0 Å². The number of carbonyl (C=O) groups excluding carboxylic acids is 2. The van der Waals surface area contributed by atoms with Gasteiger partial charge in [-0.05, 0) is 19.1 Å². The van der Waals surface area contributed by atoms with Crippen LogP contribution in [0.1, 0.15) is 27.6 Å². The van der Waals surface area contributed by atoms with Crippen LogP contribution in [0.2, 0.25) is 0 Å². The highest BCUT2D eigenvalue weighted by Gasteiger charge is 2.22. The van der Waals surface area contributed by atoms with Gasteiger partial charge in [0, 0.05) is 5.56 Å². The van der Waals surface area contributed by atoms with E-state index in [2.05, 4.69) is 0 Å². The number of hydrogen-bond acceptors (Lipinski definition) is 4. The smallest absolute Gasteiger partial charge is 0.377 e. The van der Waals surface area contributed by atoms with Crippen molar-refractivity contribution in [2.24, 2.45) is 0 Å². The molecule has 0 saturated heterocycles.